The van der Waals surface area contributed by atoms with Crippen molar-refractivity contribution in [3.63, 3.8) is 0 Å². The van der Waals surface area contributed by atoms with Gasteiger partial charge < -0.3 is 15.3 Å². The first-order chi connectivity index (χ1) is 12.3. The number of hydrogen-bond donors (Lipinski definition) is 2. The molecule has 0 radical (unpaired) electrons. The molecule has 2 aliphatic heterocycles. The zero-order valence-corrected chi connectivity index (χ0v) is 15.6. The van der Waals surface area contributed by atoms with E-state index in [-0.39, 0.29) is 18.4 Å². The van der Waals surface area contributed by atoms with Crippen LogP contribution in [0.5, 0.6) is 0 Å². The first-order valence-corrected chi connectivity index (χ1v) is 9.11. The summed E-state index contributed by atoms with van der Waals surface area (Å²) in [5.41, 5.74) is 0.488. The molecule has 2 aliphatic rings. The number of piperidine rings is 1. The van der Waals surface area contributed by atoms with E-state index >= 15 is 0 Å². The van der Waals surface area contributed by atoms with E-state index in [0.29, 0.717) is 18.8 Å². The van der Waals surface area contributed by atoms with E-state index < -0.39 is 17.4 Å². The fourth-order valence-corrected chi connectivity index (χ4v) is 4.11. The number of anilines is 1. The molecule has 0 aliphatic carbocycles. The van der Waals surface area contributed by atoms with Crippen LogP contribution in [0.2, 0.25) is 0 Å². The Bertz CT molecular complexity index is 668. The Kier molecular flexibility index (Phi) is 5.13. The van der Waals surface area contributed by atoms with Crippen LogP contribution in [0.4, 0.5) is 5.95 Å². The predicted molar refractivity (Wildman–Crippen MR) is 96.5 cm³/mol. The van der Waals surface area contributed by atoms with E-state index in [2.05, 4.69) is 20.2 Å². The number of rotatable bonds is 5. The number of carboxylic acid groups (broad SMARTS) is 1. The number of aromatic nitrogens is 2. The topological polar surface area (TPSA) is 98.7 Å². The Balaban J connectivity index is 1.61. The highest BCUT2D eigenvalue weighted by molar-refractivity contribution is 5.88. The summed E-state index contributed by atoms with van der Waals surface area (Å²) in [6, 6.07) is 0.285. The number of carbonyl (C=O) groups is 2. The largest absolute Gasteiger partial charge is 0.481 e. The van der Waals surface area contributed by atoms with Crippen molar-refractivity contribution in [2.45, 2.75) is 51.2 Å². The number of nitrogens with zero attached hydrogens (tertiary/aromatic N) is 4. The van der Waals surface area contributed by atoms with Gasteiger partial charge in [-0.25, -0.2) is 9.97 Å². The van der Waals surface area contributed by atoms with Crippen molar-refractivity contribution in [3.05, 3.63) is 18.0 Å². The minimum absolute atomic E-state index is 0.0625. The Labute approximate surface area is 153 Å². The zero-order valence-electron chi connectivity index (χ0n) is 15.6. The summed E-state index contributed by atoms with van der Waals surface area (Å²) < 4.78 is 0. The van der Waals surface area contributed by atoms with Crippen LogP contribution in [0, 0.1) is 5.92 Å². The molecule has 1 aromatic heterocycles. The van der Waals surface area contributed by atoms with Crippen LogP contribution in [-0.2, 0) is 16.1 Å². The minimum atomic E-state index is -0.863. The lowest BCUT2D eigenvalue weighted by atomic mass is 9.77. The highest BCUT2D eigenvalue weighted by Crippen LogP contribution is 2.42. The van der Waals surface area contributed by atoms with Crippen LogP contribution in [0.15, 0.2) is 12.4 Å². The van der Waals surface area contributed by atoms with Crippen molar-refractivity contribution in [2.75, 3.05) is 25.5 Å². The van der Waals surface area contributed by atoms with Crippen molar-refractivity contribution >= 4 is 17.8 Å². The molecule has 1 atom stereocenters. The van der Waals surface area contributed by atoms with Gasteiger partial charge in [0.25, 0.3) is 0 Å². The van der Waals surface area contributed by atoms with Gasteiger partial charge in [-0.15, -0.1) is 0 Å². The van der Waals surface area contributed by atoms with Gasteiger partial charge in [0.05, 0.1) is 11.5 Å². The monoisotopic (exact) mass is 361 g/mol. The fourth-order valence-electron chi connectivity index (χ4n) is 4.11. The molecule has 3 rings (SSSR count). The SMILES string of the molecule is CC(C)Nc1ncc(CN2CCC3(CC2)C(C(=O)O)CC(=O)N3C)cn1. The third-order valence-corrected chi connectivity index (χ3v) is 5.62. The fraction of sp³-hybridized carbons (Fsp3) is 0.667. The van der Waals surface area contributed by atoms with Gasteiger partial charge in [-0.3, -0.25) is 14.5 Å². The molecule has 1 aromatic rings. The van der Waals surface area contributed by atoms with Gasteiger partial charge in [0, 0.05) is 57.1 Å². The second kappa shape index (κ2) is 7.19. The van der Waals surface area contributed by atoms with E-state index in [1.54, 1.807) is 11.9 Å². The second-order valence-corrected chi connectivity index (χ2v) is 7.64. The molecule has 0 saturated carbocycles. The summed E-state index contributed by atoms with van der Waals surface area (Å²) in [5, 5.41) is 12.7. The van der Waals surface area contributed by atoms with E-state index in [0.717, 1.165) is 25.2 Å². The lowest BCUT2D eigenvalue weighted by Gasteiger charge is -2.45. The quantitative estimate of drug-likeness (QED) is 0.813. The molecular formula is C18H27N5O3. The molecule has 3 heterocycles. The predicted octanol–water partition coefficient (Wildman–Crippen LogP) is 1.19. The van der Waals surface area contributed by atoms with Crippen LogP contribution >= 0.6 is 0 Å². The van der Waals surface area contributed by atoms with E-state index in [4.69, 9.17) is 0 Å². The number of amides is 1. The lowest BCUT2D eigenvalue weighted by molar-refractivity contribution is -0.146. The molecule has 26 heavy (non-hydrogen) atoms. The van der Waals surface area contributed by atoms with Crippen molar-refractivity contribution in [3.8, 4) is 0 Å². The average molecular weight is 361 g/mol. The first-order valence-electron chi connectivity index (χ1n) is 9.11. The maximum atomic E-state index is 12.1. The number of nitrogens with one attached hydrogen (secondary N) is 1. The molecule has 2 fully saturated rings. The highest BCUT2D eigenvalue weighted by atomic mass is 16.4. The summed E-state index contributed by atoms with van der Waals surface area (Å²) in [7, 11) is 1.75. The first kappa shape index (κ1) is 18.6. The van der Waals surface area contributed by atoms with E-state index in [1.807, 2.05) is 26.2 Å². The smallest absolute Gasteiger partial charge is 0.309 e. The van der Waals surface area contributed by atoms with Crippen molar-refractivity contribution < 1.29 is 14.7 Å². The maximum Gasteiger partial charge on any atom is 0.309 e. The van der Waals surface area contributed by atoms with Crippen LogP contribution in [0.3, 0.4) is 0 Å². The van der Waals surface area contributed by atoms with E-state index in [1.165, 1.54) is 0 Å². The summed E-state index contributed by atoms with van der Waals surface area (Å²) in [6.07, 6.45) is 5.13. The summed E-state index contributed by atoms with van der Waals surface area (Å²) >= 11 is 0. The zero-order chi connectivity index (χ0) is 18.9. The van der Waals surface area contributed by atoms with Crippen molar-refractivity contribution in [2.24, 2.45) is 5.92 Å². The van der Waals surface area contributed by atoms with Crippen LogP contribution in [0.1, 0.15) is 38.7 Å². The molecule has 8 heteroatoms. The average Bonchev–Trinajstić information content (AvgIpc) is 2.84. The Hall–Kier alpha value is -2.22. The van der Waals surface area contributed by atoms with Gasteiger partial charge in [-0.1, -0.05) is 0 Å². The van der Waals surface area contributed by atoms with Gasteiger partial charge in [0.15, 0.2) is 0 Å². The maximum absolute atomic E-state index is 12.1. The van der Waals surface area contributed by atoms with Crippen LogP contribution < -0.4 is 5.32 Å². The van der Waals surface area contributed by atoms with Gasteiger partial charge in [-0.05, 0) is 26.7 Å². The molecule has 1 spiro atoms. The Morgan fingerprint density at radius 1 is 1.35 bits per heavy atom. The van der Waals surface area contributed by atoms with Gasteiger partial charge in [0.1, 0.15) is 0 Å². The molecule has 2 saturated heterocycles. The summed E-state index contributed by atoms with van der Waals surface area (Å²) in [5.74, 6) is -0.908. The molecular weight excluding hydrogens is 334 g/mol. The second-order valence-electron chi connectivity index (χ2n) is 7.64. The molecule has 1 unspecified atom stereocenters. The van der Waals surface area contributed by atoms with Crippen molar-refractivity contribution in [1.82, 2.24) is 19.8 Å². The normalized spacial score (nSPS) is 23.0. The third-order valence-electron chi connectivity index (χ3n) is 5.62. The molecule has 0 aromatic carbocycles. The van der Waals surface area contributed by atoms with Crippen LogP contribution in [0.25, 0.3) is 0 Å². The van der Waals surface area contributed by atoms with Gasteiger partial charge in [-0.2, -0.15) is 0 Å². The summed E-state index contributed by atoms with van der Waals surface area (Å²) in [6.45, 7) is 6.32. The molecule has 2 N–H and O–H groups in total. The lowest BCUT2D eigenvalue weighted by Crippen LogP contribution is -2.55. The molecule has 0 bridgehead atoms. The number of carboxylic acids is 1. The Morgan fingerprint density at radius 2 is 1.96 bits per heavy atom. The molecule has 142 valence electrons. The molecule has 1 amide bonds. The number of likely N-dealkylation sites (tertiary alicyclic amines) is 2. The van der Waals surface area contributed by atoms with Gasteiger partial charge >= 0.3 is 5.97 Å². The van der Waals surface area contributed by atoms with Crippen LogP contribution in [-0.4, -0.2) is 68.5 Å². The highest BCUT2D eigenvalue weighted by Gasteiger charge is 2.55. The number of hydrogen-bond acceptors (Lipinski definition) is 6. The summed E-state index contributed by atoms with van der Waals surface area (Å²) in [4.78, 5) is 36.3. The minimum Gasteiger partial charge on any atom is -0.481 e. The number of aliphatic carboxylic acids is 1. The number of carbonyl (C=O) groups excluding carboxylic acids is 1. The van der Waals surface area contributed by atoms with E-state index in [9.17, 15) is 14.7 Å². The third kappa shape index (κ3) is 3.51. The standard InChI is InChI=1S/C18H27N5O3/c1-12(2)21-17-19-9-13(10-20-17)11-23-6-4-18(5-7-23)14(16(25)26)8-15(24)22(18)3/h9-10,12,14H,4-8,11H2,1-3H3,(H,25,26)(H,19,20,21). The van der Waals surface area contributed by atoms with Gasteiger partial charge in [0.2, 0.25) is 11.9 Å². The van der Waals surface area contributed by atoms with Crippen molar-refractivity contribution in [1.29, 1.82) is 0 Å². The Morgan fingerprint density at radius 3 is 2.50 bits per heavy atom. The molecule has 8 nitrogen and oxygen atoms in total.